The summed E-state index contributed by atoms with van der Waals surface area (Å²) in [7, 11) is 0. The normalized spacial score (nSPS) is 10.8. The number of benzene rings is 1. The molecule has 3 rings (SSSR count). The van der Waals surface area contributed by atoms with Crippen LogP contribution in [0.15, 0.2) is 42.6 Å². The Kier molecular flexibility index (Phi) is 2.84. The number of nitrogens with zero attached hydrogens (tertiary/aromatic N) is 2. The van der Waals surface area contributed by atoms with Crippen molar-refractivity contribution >= 4 is 28.8 Å². The number of carbonyl (C=O) groups is 1. The van der Waals surface area contributed by atoms with Crippen LogP contribution in [0, 0.1) is 0 Å². The van der Waals surface area contributed by atoms with Crippen LogP contribution < -0.4 is 5.73 Å². The SMILES string of the molecule is Nc1ccn2c(-c3cccc(Cl)c3)nc(C(=O)O)c2c1. The number of hydrogen-bond donors (Lipinski definition) is 2. The van der Waals surface area contributed by atoms with Crippen molar-refractivity contribution in [3.63, 3.8) is 0 Å². The van der Waals surface area contributed by atoms with E-state index in [-0.39, 0.29) is 5.69 Å². The van der Waals surface area contributed by atoms with Crippen LogP contribution in [0.2, 0.25) is 5.02 Å². The standard InChI is InChI=1S/C14H10ClN3O2/c15-9-3-1-2-8(6-9)13-17-12(14(19)20)11-7-10(16)4-5-18(11)13/h1-7H,16H2,(H,19,20). The zero-order valence-electron chi connectivity index (χ0n) is 10.2. The number of anilines is 1. The highest BCUT2D eigenvalue weighted by Gasteiger charge is 2.17. The number of hydrogen-bond acceptors (Lipinski definition) is 3. The first-order valence-electron chi connectivity index (χ1n) is 5.83. The molecule has 5 nitrogen and oxygen atoms in total. The van der Waals surface area contributed by atoms with Crippen molar-refractivity contribution in [1.29, 1.82) is 0 Å². The summed E-state index contributed by atoms with van der Waals surface area (Å²) in [5.74, 6) is -0.582. The zero-order valence-corrected chi connectivity index (χ0v) is 11.0. The Balaban J connectivity index is 2.34. The highest BCUT2D eigenvalue weighted by atomic mass is 35.5. The Hall–Kier alpha value is -2.53. The first-order valence-corrected chi connectivity index (χ1v) is 6.21. The van der Waals surface area contributed by atoms with E-state index < -0.39 is 5.97 Å². The van der Waals surface area contributed by atoms with Crippen LogP contribution in [0.4, 0.5) is 5.69 Å². The van der Waals surface area contributed by atoms with Crippen LogP contribution in [-0.4, -0.2) is 20.5 Å². The lowest BCUT2D eigenvalue weighted by atomic mass is 10.2. The third-order valence-corrected chi connectivity index (χ3v) is 3.19. The second-order valence-electron chi connectivity index (χ2n) is 4.31. The first-order chi connectivity index (χ1) is 9.56. The van der Waals surface area contributed by atoms with Gasteiger partial charge in [0.2, 0.25) is 0 Å². The summed E-state index contributed by atoms with van der Waals surface area (Å²) in [6.45, 7) is 0. The number of fused-ring (bicyclic) bond motifs is 1. The van der Waals surface area contributed by atoms with Gasteiger partial charge < -0.3 is 10.8 Å². The van der Waals surface area contributed by atoms with Gasteiger partial charge in [0.25, 0.3) is 0 Å². The van der Waals surface area contributed by atoms with Gasteiger partial charge >= 0.3 is 5.97 Å². The predicted octanol–water partition coefficient (Wildman–Crippen LogP) is 2.94. The fourth-order valence-corrected chi connectivity index (χ4v) is 2.28. The highest BCUT2D eigenvalue weighted by molar-refractivity contribution is 6.30. The Morgan fingerprint density at radius 2 is 2.10 bits per heavy atom. The number of aromatic carboxylic acids is 1. The third-order valence-electron chi connectivity index (χ3n) is 2.95. The molecule has 0 bridgehead atoms. The van der Waals surface area contributed by atoms with E-state index in [2.05, 4.69) is 4.98 Å². The lowest BCUT2D eigenvalue weighted by Crippen LogP contribution is -1.97. The second kappa shape index (κ2) is 4.54. The summed E-state index contributed by atoms with van der Waals surface area (Å²) < 4.78 is 1.69. The molecule has 0 saturated carbocycles. The number of nitrogen functional groups attached to an aromatic ring is 1. The number of nitrogens with two attached hydrogens (primary N) is 1. The molecule has 0 spiro atoms. The maximum absolute atomic E-state index is 11.3. The van der Waals surface area contributed by atoms with E-state index in [1.54, 1.807) is 40.9 Å². The van der Waals surface area contributed by atoms with Gasteiger partial charge in [-0.15, -0.1) is 0 Å². The molecule has 0 unspecified atom stereocenters. The molecule has 2 aromatic heterocycles. The van der Waals surface area contributed by atoms with E-state index in [0.717, 1.165) is 5.56 Å². The summed E-state index contributed by atoms with van der Waals surface area (Å²) in [6, 6.07) is 10.4. The van der Waals surface area contributed by atoms with Crippen molar-refractivity contribution < 1.29 is 9.90 Å². The molecule has 1 aromatic carbocycles. The number of aromatic nitrogens is 2. The third kappa shape index (κ3) is 1.98. The summed E-state index contributed by atoms with van der Waals surface area (Å²) in [6.07, 6.45) is 1.69. The topological polar surface area (TPSA) is 80.6 Å². The number of halogens is 1. The highest BCUT2D eigenvalue weighted by Crippen LogP contribution is 2.26. The maximum atomic E-state index is 11.3. The number of carboxylic acid groups (broad SMARTS) is 1. The number of pyridine rings is 1. The minimum absolute atomic E-state index is 0.0349. The summed E-state index contributed by atoms with van der Waals surface area (Å²) in [5, 5.41) is 9.81. The maximum Gasteiger partial charge on any atom is 0.356 e. The predicted molar refractivity (Wildman–Crippen MR) is 77.0 cm³/mol. The minimum atomic E-state index is -1.10. The van der Waals surface area contributed by atoms with E-state index in [0.29, 0.717) is 22.1 Å². The lowest BCUT2D eigenvalue weighted by molar-refractivity contribution is 0.0693. The molecule has 20 heavy (non-hydrogen) atoms. The molecule has 0 radical (unpaired) electrons. The molecule has 2 heterocycles. The average Bonchev–Trinajstić information content (AvgIpc) is 2.77. The monoisotopic (exact) mass is 287 g/mol. The second-order valence-corrected chi connectivity index (χ2v) is 4.75. The smallest absolute Gasteiger partial charge is 0.356 e. The molecular weight excluding hydrogens is 278 g/mol. The van der Waals surface area contributed by atoms with Gasteiger partial charge in [-0.05, 0) is 24.3 Å². The fraction of sp³-hybridized carbons (Fsp3) is 0. The van der Waals surface area contributed by atoms with Gasteiger partial charge in [-0.1, -0.05) is 23.7 Å². The molecule has 0 aliphatic carbocycles. The van der Waals surface area contributed by atoms with Crippen molar-refractivity contribution in [2.24, 2.45) is 0 Å². The fourth-order valence-electron chi connectivity index (χ4n) is 2.09. The van der Waals surface area contributed by atoms with Gasteiger partial charge in [-0.3, -0.25) is 4.40 Å². The minimum Gasteiger partial charge on any atom is -0.476 e. The summed E-state index contributed by atoms with van der Waals surface area (Å²) in [5.41, 5.74) is 7.35. The molecule has 0 saturated heterocycles. The Labute approximate surface area is 119 Å². The van der Waals surface area contributed by atoms with Crippen LogP contribution in [0.3, 0.4) is 0 Å². The van der Waals surface area contributed by atoms with E-state index in [4.69, 9.17) is 17.3 Å². The van der Waals surface area contributed by atoms with E-state index in [1.807, 2.05) is 6.07 Å². The molecule has 6 heteroatoms. The zero-order chi connectivity index (χ0) is 14.3. The molecule has 3 N–H and O–H groups in total. The van der Waals surface area contributed by atoms with Crippen molar-refractivity contribution in [1.82, 2.24) is 9.38 Å². The largest absolute Gasteiger partial charge is 0.476 e. The Bertz CT molecular complexity index is 826. The molecule has 0 atom stereocenters. The number of imidazole rings is 1. The van der Waals surface area contributed by atoms with Crippen molar-refractivity contribution in [2.75, 3.05) is 5.73 Å². The van der Waals surface area contributed by atoms with E-state index >= 15 is 0 Å². The lowest BCUT2D eigenvalue weighted by Gasteiger charge is -2.02. The van der Waals surface area contributed by atoms with Gasteiger partial charge in [0.15, 0.2) is 5.69 Å². The van der Waals surface area contributed by atoms with Gasteiger partial charge in [0, 0.05) is 22.5 Å². The first kappa shape index (κ1) is 12.5. The molecular formula is C14H10ClN3O2. The quantitative estimate of drug-likeness (QED) is 0.759. The van der Waals surface area contributed by atoms with Crippen molar-refractivity contribution in [3.8, 4) is 11.4 Å². The molecule has 0 amide bonds. The van der Waals surface area contributed by atoms with Crippen LogP contribution >= 0.6 is 11.6 Å². The van der Waals surface area contributed by atoms with Crippen LogP contribution in [0.1, 0.15) is 10.5 Å². The molecule has 100 valence electrons. The average molecular weight is 288 g/mol. The van der Waals surface area contributed by atoms with Gasteiger partial charge in [-0.25, -0.2) is 9.78 Å². The van der Waals surface area contributed by atoms with E-state index in [9.17, 15) is 9.90 Å². The van der Waals surface area contributed by atoms with Crippen LogP contribution in [0.25, 0.3) is 16.9 Å². The van der Waals surface area contributed by atoms with Gasteiger partial charge in [0.1, 0.15) is 5.82 Å². The molecule has 3 aromatic rings. The van der Waals surface area contributed by atoms with Crippen LogP contribution in [0.5, 0.6) is 0 Å². The van der Waals surface area contributed by atoms with Gasteiger partial charge in [-0.2, -0.15) is 0 Å². The molecule has 0 fully saturated rings. The number of carboxylic acids is 1. The Morgan fingerprint density at radius 3 is 2.80 bits per heavy atom. The molecule has 0 aliphatic rings. The van der Waals surface area contributed by atoms with E-state index in [1.165, 1.54) is 0 Å². The summed E-state index contributed by atoms with van der Waals surface area (Å²) >= 11 is 5.97. The van der Waals surface area contributed by atoms with Crippen molar-refractivity contribution in [2.45, 2.75) is 0 Å². The molecule has 0 aliphatic heterocycles. The number of rotatable bonds is 2. The van der Waals surface area contributed by atoms with Crippen LogP contribution in [-0.2, 0) is 0 Å². The van der Waals surface area contributed by atoms with Gasteiger partial charge in [0.05, 0.1) is 5.52 Å². The van der Waals surface area contributed by atoms with Crippen molar-refractivity contribution in [3.05, 3.63) is 53.3 Å². The Morgan fingerprint density at radius 1 is 1.30 bits per heavy atom. The summed E-state index contributed by atoms with van der Waals surface area (Å²) in [4.78, 5) is 15.5.